The van der Waals surface area contributed by atoms with Gasteiger partial charge in [-0.3, -0.25) is 4.90 Å². The van der Waals surface area contributed by atoms with Gasteiger partial charge in [0.2, 0.25) is 0 Å². The Hall–Kier alpha value is -1.04. The summed E-state index contributed by atoms with van der Waals surface area (Å²) >= 11 is 0. The summed E-state index contributed by atoms with van der Waals surface area (Å²) in [5.74, 6) is 0.687. The molecule has 0 radical (unpaired) electrons. The van der Waals surface area contributed by atoms with Gasteiger partial charge in [0.1, 0.15) is 12.4 Å². The summed E-state index contributed by atoms with van der Waals surface area (Å²) in [6.07, 6.45) is 2.54. The fourth-order valence-corrected chi connectivity index (χ4v) is 2.37. The zero-order valence-corrected chi connectivity index (χ0v) is 10.7. The van der Waals surface area contributed by atoms with Gasteiger partial charge >= 0.3 is 7.12 Å². The number of hydrogen-bond donors (Lipinski definition) is 2. The predicted molar refractivity (Wildman–Crippen MR) is 72.0 cm³/mol. The molecule has 1 aromatic rings. The van der Waals surface area contributed by atoms with Crippen molar-refractivity contribution in [2.24, 2.45) is 0 Å². The highest BCUT2D eigenvalue weighted by Gasteiger charge is 2.19. The van der Waals surface area contributed by atoms with Crippen molar-refractivity contribution >= 4 is 12.6 Å². The van der Waals surface area contributed by atoms with Crippen molar-refractivity contribution < 1.29 is 14.8 Å². The van der Waals surface area contributed by atoms with Crippen LogP contribution in [0.4, 0.5) is 0 Å². The van der Waals surface area contributed by atoms with Crippen LogP contribution in [-0.4, -0.2) is 47.8 Å². The monoisotopic (exact) mass is 249 g/mol. The summed E-state index contributed by atoms with van der Waals surface area (Å²) < 4.78 is 5.64. The van der Waals surface area contributed by atoms with Gasteiger partial charge in [0.15, 0.2) is 0 Å². The second-order valence-corrected chi connectivity index (χ2v) is 4.82. The van der Waals surface area contributed by atoms with E-state index in [1.165, 1.54) is 12.8 Å². The van der Waals surface area contributed by atoms with Crippen LogP contribution in [0, 0.1) is 0 Å². The molecule has 1 heterocycles. The van der Waals surface area contributed by atoms with E-state index < -0.39 is 7.12 Å². The molecule has 1 atom stereocenters. The number of likely N-dealkylation sites (tertiary alicyclic amines) is 1. The summed E-state index contributed by atoms with van der Waals surface area (Å²) in [6.45, 7) is 4.96. The van der Waals surface area contributed by atoms with Gasteiger partial charge in [0.05, 0.1) is 0 Å². The molecule has 0 bridgehead atoms. The van der Waals surface area contributed by atoms with Crippen molar-refractivity contribution in [3.05, 3.63) is 24.3 Å². The maximum absolute atomic E-state index is 9.07. The van der Waals surface area contributed by atoms with E-state index in [4.69, 9.17) is 14.8 Å². The first kappa shape index (κ1) is 13.4. The Balaban J connectivity index is 1.81. The molecule has 5 heteroatoms. The molecule has 4 nitrogen and oxygen atoms in total. The fourth-order valence-electron chi connectivity index (χ4n) is 2.37. The number of hydrogen-bond acceptors (Lipinski definition) is 4. The van der Waals surface area contributed by atoms with Gasteiger partial charge in [-0.2, -0.15) is 0 Å². The SMILES string of the molecule is CC1CCCN1CCOc1cccc(B(O)O)c1. The number of benzene rings is 1. The first-order valence-electron chi connectivity index (χ1n) is 6.50. The molecule has 1 aliphatic heterocycles. The highest BCUT2D eigenvalue weighted by molar-refractivity contribution is 6.58. The lowest BCUT2D eigenvalue weighted by molar-refractivity contribution is 0.204. The van der Waals surface area contributed by atoms with Crippen molar-refractivity contribution in [1.82, 2.24) is 4.90 Å². The maximum atomic E-state index is 9.07. The van der Waals surface area contributed by atoms with E-state index in [-0.39, 0.29) is 0 Å². The lowest BCUT2D eigenvalue weighted by atomic mass is 9.80. The summed E-state index contributed by atoms with van der Waals surface area (Å²) in [6, 6.07) is 7.58. The van der Waals surface area contributed by atoms with Crippen LogP contribution in [0.15, 0.2) is 24.3 Å². The molecular weight excluding hydrogens is 229 g/mol. The van der Waals surface area contributed by atoms with E-state index in [0.29, 0.717) is 23.9 Å². The van der Waals surface area contributed by atoms with Crippen molar-refractivity contribution in [3.63, 3.8) is 0 Å². The molecule has 1 aromatic carbocycles. The molecule has 1 saturated heterocycles. The van der Waals surface area contributed by atoms with Gasteiger partial charge in [0.25, 0.3) is 0 Å². The zero-order chi connectivity index (χ0) is 13.0. The summed E-state index contributed by atoms with van der Waals surface area (Å²) in [5.41, 5.74) is 0.460. The lowest BCUT2D eigenvalue weighted by Gasteiger charge is -2.20. The number of rotatable bonds is 5. The van der Waals surface area contributed by atoms with E-state index >= 15 is 0 Å². The highest BCUT2D eigenvalue weighted by atomic mass is 16.5. The molecule has 0 spiro atoms. The van der Waals surface area contributed by atoms with Crippen molar-refractivity contribution in [2.45, 2.75) is 25.8 Å². The molecule has 2 rings (SSSR count). The first-order valence-corrected chi connectivity index (χ1v) is 6.50. The number of ether oxygens (including phenoxy) is 1. The van der Waals surface area contributed by atoms with E-state index in [1.54, 1.807) is 18.2 Å². The Morgan fingerprint density at radius 2 is 2.28 bits per heavy atom. The average Bonchev–Trinajstić information content (AvgIpc) is 2.76. The van der Waals surface area contributed by atoms with Crippen LogP contribution < -0.4 is 10.2 Å². The van der Waals surface area contributed by atoms with Crippen molar-refractivity contribution in [2.75, 3.05) is 19.7 Å². The Morgan fingerprint density at radius 3 is 2.94 bits per heavy atom. The van der Waals surface area contributed by atoms with Crippen molar-refractivity contribution in [1.29, 1.82) is 0 Å². The lowest BCUT2D eigenvalue weighted by Crippen LogP contribution is -2.31. The van der Waals surface area contributed by atoms with E-state index in [2.05, 4.69) is 11.8 Å². The van der Waals surface area contributed by atoms with Gasteiger partial charge in [-0.15, -0.1) is 0 Å². The molecule has 1 fully saturated rings. The highest BCUT2D eigenvalue weighted by Crippen LogP contribution is 2.16. The number of nitrogens with zero attached hydrogens (tertiary/aromatic N) is 1. The minimum Gasteiger partial charge on any atom is -0.492 e. The van der Waals surface area contributed by atoms with Crippen molar-refractivity contribution in [3.8, 4) is 5.75 Å². The topological polar surface area (TPSA) is 52.9 Å². The normalized spacial score (nSPS) is 20.1. The second kappa shape index (κ2) is 6.23. The van der Waals surface area contributed by atoms with E-state index in [1.807, 2.05) is 6.07 Å². The largest absolute Gasteiger partial charge is 0.492 e. The molecule has 0 saturated carbocycles. The van der Waals surface area contributed by atoms with Crippen LogP contribution in [0.1, 0.15) is 19.8 Å². The molecule has 0 aliphatic carbocycles. The quantitative estimate of drug-likeness (QED) is 0.733. The van der Waals surface area contributed by atoms with E-state index in [9.17, 15) is 0 Å². The minimum atomic E-state index is -1.44. The van der Waals surface area contributed by atoms with Gasteiger partial charge < -0.3 is 14.8 Å². The third kappa shape index (κ3) is 3.48. The van der Waals surface area contributed by atoms with E-state index in [0.717, 1.165) is 13.1 Å². The average molecular weight is 249 g/mol. The summed E-state index contributed by atoms with van der Waals surface area (Å²) in [4.78, 5) is 2.42. The molecule has 0 aromatic heterocycles. The standard InChI is InChI=1S/C13H20BNO3/c1-11-4-3-7-15(11)8-9-18-13-6-2-5-12(10-13)14(16)17/h2,5-6,10-11,16-17H,3-4,7-9H2,1H3. The minimum absolute atomic E-state index is 0.460. The second-order valence-electron chi connectivity index (χ2n) is 4.82. The first-order chi connectivity index (χ1) is 8.66. The van der Waals surface area contributed by atoms with Gasteiger partial charge in [-0.05, 0) is 43.9 Å². The van der Waals surface area contributed by atoms with Gasteiger partial charge in [-0.1, -0.05) is 12.1 Å². The molecule has 0 amide bonds. The Morgan fingerprint density at radius 1 is 1.44 bits per heavy atom. The third-order valence-corrected chi connectivity index (χ3v) is 3.49. The van der Waals surface area contributed by atoms with Crippen LogP contribution >= 0.6 is 0 Å². The fraction of sp³-hybridized carbons (Fsp3) is 0.538. The van der Waals surface area contributed by atoms with Crippen LogP contribution in [-0.2, 0) is 0 Å². The predicted octanol–water partition coefficient (Wildman–Crippen LogP) is 0.230. The van der Waals surface area contributed by atoms with Crippen LogP contribution in [0.5, 0.6) is 5.75 Å². The zero-order valence-electron chi connectivity index (χ0n) is 10.7. The summed E-state index contributed by atoms with van der Waals surface area (Å²) in [7, 11) is -1.44. The maximum Gasteiger partial charge on any atom is 0.488 e. The smallest absolute Gasteiger partial charge is 0.488 e. The van der Waals surface area contributed by atoms with Crippen LogP contribution in [0.3, 0.4) is 0 Å². The molecule has 2 N–H and O–H groups in total. The Labute approximate surface area is 108 Å². The summed E-state index contributed by atoms with van der Waals surface area (Å²) in [5, 5.41) is 18.1. The third-order valence-electron chi connectivity index (χ3n) is 3.49. The Bertz CT molecular complexity index is 386. The molecule has 1 aliphatic rings. The Kier molecular flexibility index (Phi) is 4.63. The molecule has 1 unspecified atom stereocenters. The van der Waals surface area contributed by atoms with Crippen LogP contribution in [0.2, 0.25) is 0 Å². The van der Waals surface area contributed by atoms with Gasteiger partial charge in [0, 0.05) is 12.6 Å². The van der Waals surface area contributed by atoms with Gasteiger partial charge in [-0.25, -0.2) is 0 Å². The van der Waals surface area contributed by atoms with Crippen LogP contribution in [0.25, 0.3) is 0 Å². The molecular formula is C13H20BNO3. The molecule has 18 heavy (non-hydrogen) atoms. The molecule has 98 valence electrons.